The Morgan fingerprint density at radius 2 is 1.94 bits per heavy atom. The molecule has 1 saturated heterocycles. The normalized spacial score (nSPS) is 20.4. The van der Waals surface area contributed by atoms with Crippen molar-refractivity contribution in [3.05, 3.63) is 45.7 Å². The van der Waals surface area contributed by atoms with E-state index in [0.717, 1.165) is 0 Å². The minimum Gasteiger partial charge on any atom is -0.497 e. The number of esters is 1. The Balaban J connectivity index is 1.65. The number of methoxy groups -OCH3 is 1. The van der Waals surface area contributed by atoms with Crippen LogP contribution in [0.2, 0.25) is 0 Å². The number of aromatic amines is 1. The van der Waals surface area contributed by atoms with Gasteiger partial charge < -0.3 is 19.7 Å². The van der Waals surface area contributed by atoms with E-state index in [1.807, 2.05) is 11.0 Å². The van der Waals surface area contributed by atoms with Crippen molar-refractivity contribution in [3.8, 4) is 11.8 Å². The molecule has 2 aliphatic heterocycles. The Bertz CT molecular complexity index is 1150. The van der Waals surface area contributed by atoms with Crippen LogP contribution in [-0.4, -0.2) is 48.7 Å². The molecule has 33 heavy (non-hydrogen) atoms. The number of nitrogens with one attached hydrogen (secondary N) is 2. The van der Waals surface area contributed by atoms with Crippen molar-refractivity contribution in [2.75, 3.05) is 37.0 Å². The van der Waals surface area contributed by atoms with Gasteiger partial charge in [-0.1, -0.05) is 12.1 Å². The largest absolute Gasteiger partial charge is 0.497 e. The molecule has 2 unspecified atom stereocenters. The first kappa shape index (κ1) is 22.3. The van der Waals surface area contributed by atoms with Crippen LogP contribution in [0.3, 0.4) is 0 Å². The average Bonchev–Trinajstić information content (AvgIpc) is 2.83. The van der Waals surface area contributed by atoms with E-state index in [2.05, 4.69) is 15.3 Å². The standard InChI is InChI=1S/C23H25N5O5/c1-3-33-22(31)14-8-10-28(11-9-14)23-26-19-18(21(30)27-23)17(16(12-24)20(29)25-19)13-4-6-15(32-2)7-5-13/h4-7,14,16-17H,3,8-11H2,1-2H3,(H2,25,26,27,29,30). The van der Waals surface area contributed by atoms with Gasteiger partial charge in [0, 0.05) is 19.0 Å². The minimum absolute atomic E-state index is 0.151. The van der Waals surface area contributed by atoms with Gasteiger partial charge in [0.15, 0.2) is 0 Å². The number of carbonyl (C=O) groups excluding carboxylic acids is 2. The second-order valence-corrected chi connectivity index (χ2v) is 8.01. The quantitative estimate of drug-likeness (QED) is 0.656. The lowest BCUT2D eigenvalue weighted by Gasteiger charge is -2.33. The van der Waals surface area contributed by atoms with Crippen LogP contribution in [0.1, 0.15) is 36.8 Å². The van der Waals surface area contributed by atoms with Gasteiger partial charge in [0.1, 0.15) is 17.5 Å². The number of carbonyl (C=O) groups is 2. The Morgan fingerprint density at radius 3 is 2.55 bits per heavy atom. The summed E-state index contributed by atoms with van der Waals surface area (Å²) in [5.41, 5.74) is 0.480. The number of nitriles is 1. The second-order valence-electron chi connectivity index (χ2n) is 8.01. The molecule has 0 bridgehead atoms. The van der Waals surface area contributed by atoms with Crippen molar-refractivity contribution in [1.82, 2.24) is 9.97 Å². The lowest BCUT2D eigenvalue weighted by molar-refractivity contribution is -0.148. The van der Waals surface area contributed by atoms with Crippen LogP contribution in [-0.2, 0) is 14.3 Å². The summed E-state index contributed by atoms with van der Waals surface area (Å²) in [6.45, 7) is 3.15. The summed E-state index contributed by atoms with van der Waals surface area (Å²) in [4.78, 5) is 47.1. The number of piperidine rings is 1. The number of hydrogen-bond donors (Lipinski definition) is 2. The summed E-state index contributed by atoms with van der Waals surface area (Å²) in [5, 5.41) is 12.3. The Kier molecular flexibility index (Phi) is 6.31. The lowest BCUT2D eigenvalue weighted by atomic mass is 9.79. The number of hydrogen-bond acceptors (Lipinski definition) is 8. The molecular formula is C23H25N5O5. The van der Waals surface area contributed by atoms with E-state index in [0.29, 0.717) is 49.8 Å². The van der Waals surface area contributed by atoms with Crippen molar-refractivity contribution in [3.63, 3.8) is 0 Å². The van der Waals surface area contributed by atoms with Crippen LogP contribution in [0.25, 0.3) is 0 Å². The predicted octanol–water partition coefficient (Wildman–Crippen LogP) is 1.78. The van der Waals surface area contributed by atoms with Gasteiger partial charge in [0.25, 0.3) is 5.56 Å². The molecule has 1 aromatic carbocycles. The molecule has 1 amide bonds. The molecule has 0 radical (unpaired) electrons. The van der Waals surface area contributed by atoms with E-state index in [1.165, 1.54) is 0 Å². The lowest BCUT2D eigenvalue weighted by Crippen LogP contribution is -2.41. The average molecular weight is 451 g/mol. The maximum atomic E-state index is 13.2. The SMILES string of the molecule is CCOC(=O)C1CCN(c2nc3c(c(=O)[nH]2)C(c2ccc(OC)cc2)C(C#N)C(=O)N3)CC1. The Labute approximate surface area is 190 Å². The van der Waals surface area contributed by atoms with Gasteiger partial charge in [0.2, 0.25) is 11.9 Å². The molecule has 0 aliphatic carbocycles. The summed E-state index contributed by atoms with van der Waals surface area (Å²) in [7, 11) is 1.54. The van der Waals surface area contributed by atoms with Crippen LogP contribution in [0.15, 0.2) is 29.1 Å². The highest BCUT2D eigenvalue weighted by Gasteiger charge is 2.40. The van der Waals surface area contributed by atoms with Gasteiger partial charge in [-0.25, -0.2) is 0 Å². The molecule has 4 rings (SSSR count). The van der Waals surface area contributed by atoms with Crippen molar-refractivity contribution in [2.24, 2.45) is 11.8 Å². The molecule has 2 atom stereocenters. The molecule has 3 heterocycles. The van der Waals surface area contributed by atoms with Crippen LogP contribution in [0.5, 0.6) is 5.75 Å². The summed E-state index contributed by atoms with van der Waals surface area (Å²) in [6, 6.07) is 8.95. The fourth-order valence-corrected chi connectivity index (χ4v) is 4.41. The van der Waals surface area contributed by atoms with Gasteiger partial charge in [-0.15, -0.1) is 0 Å². The first-order valence-electron chi connectivity index (χ1n) is 10.9. The monoisotopic (exact) mass is 451 g/mol. The van der Waals surface area contributed by atoms with E-state index >= 15 is 0 Å². The van der Waals surface area contributed by atoms with Crippen LogP contribution < -0.4 is 20.5 Å². The zero-order chi connectivity index (χ0) is 23.5. The highest BCUT2D eigenvalue weighted by molar-refractivity contribution is 5.98. The van der Waals surface area contributed by atoms with E-state index in [4.69, 9.17) is 9.47 Å². The molecule has 2 N–H and O–H groups in total. The first-order chi connectivity index (χ1) is 16.0. The van der Waals surface area contributed by atoms with E-state index < -0.39 is 23.3 Å². The zero-order valence-electron chi connectivity index (χ0n) is 18.5. The fraction of sp³-hybridized carbons (Fsp3) is 0.435. The summed E-state index contributed by atoms with van der Waals surface area (Å²) < 4.78 is 10.3. The molecule has 2 aliphatic rings. The fourth-order valence-electron chi connectivity index (χ4n) is 4.41. The summed E-state index contributed by atoms with van der Waals surface area (Å²) in [5.74, 6) is -1.62. The van der Waals surface area contributed by atoms with Gasteiger partial charge in [-0.3, -0.25) is 19.4 Å². The number of rotatable bonds is 5. The molecule has 2 aromatic rings. The van der Waals surface area contributed by atoms with E-state index in [1.54, 1.807) is 38.3 Å². The van der Waals surface area contributed by atoms with Gasteiger partial charge >= 0.3 is 5.97 Å². The summed E-state index contributed by atoms with van der Waals surface area (Å²) >= 11 is 0. The number of nitrogens with zero attached hydrogens (tertiary/aromatic N) is 3. The topological polar surface area (TPSA) is 137 Å². The maximum absolute atomic E-state index is 13.2. The van der Waals surface area contributed by atoms with Gasteiger partial charge in [0.05, 0.1) is 31.3 Å². The third-order valence-electron chi connectivity index (χ3n) is 6.14. The smallest absolute Gasteiger partial charge is 0.309 e. The molecular weight excluding hydrogens is 426 g/mol. The number of ether oxygens (including phenoxy) is 2. The molecule has 0 spiro atoms. The molecule has 10 heteroatoms. The molecule has 1 aromatic heterocycles. The number of amides is 1. The predicted molar refractivity (Wildman–Crippen MR) is 119 cm³/mol. The zero-order valence-corrected chi connectivity index (χ0v) is 18.5. The Morgan fingerprint density at radius 1 is 1.24 bits per heavy atom. The number of benzene rings is 1. The van der Waals surface area contributed by atoms with Crippen LogP contribution >= 0.6 is 0 Å². The van der Waals surface area contributed by atoms with Gasteiger partial charge in [-0.2, -0.15) is 10.2 Å². The van der Waals surface area contributed by atoms with Crippen LogP contribution in [0, 0.1) is 23.2 Å². The minimum atomic E-state index is -1.07. The third kappa shape index (κ3) is 4.26. The third-order valence-corrected chi connectivity index (χ3v) is 6.14. The van der Waals surface area contributed by atoms with Crippen molar-refractivity contribution in [2.45, 2.75) is 25.7 Å². The second kappa shape index (κ2) is 9.32. The molecule has 0 saturated carbocycles. The van der Waals surface area contributed by atoms with Crippen molar-refractivity contribution in [1.29, 1.82) is 5.26 Å². The molecule has 1 fully saturated rings. The highest BCUT2D eigenvalue weighted by atomic mass is 16.5. The van der Waals surface area contributed by atoms with Crippen molar-refractivity contribution < 1.29 is 19.1 Å². The van der Waals surface area contributed by atoms with Crippen LogP contribution in [0.4, 0.5) is 11.8 Å². The van der Waals surface area contributed by atoms with Crippen molar-refractivity contribution >= 4 is 23.6 Å². The first-order valence-corrected chi connectivity index (χ1v) is 10.9. The van der Waals surface area contributed by atoms with E-state index in [-0.39, 0.29) is 23.3 Å². The molecule has 10 nitrogen and oxygen atoms in total. The molecule has 172 valence electrons. The Hall–Kier alpha value is -3.87. The van der Waals surface area contributed by atoms with Gasteiger partial charge in [-0.05, 0) is 37.5 Å². The maximum Gasteiger partial charge on any atom is 0.309 e. The number of fused-ring (bicyclic) bond motifs is 1. The summed E-state index contributed by atoms with van der Waals surface area (Å²) in [6.07, 6.45) is 1.16. The highest BCUT2D eigenvalue weighted by Crippen LogP contribution is 2.38. The number of aromatic nitrogens is 2. The number of anilines is 2. The number of H-pyrrole nitrogens is 1. The van der Waals surface area contributed by atoms with E-state index in [9.17, 15) is 19.6 Å².